The molecule has 0 saturated carbocycles. The van der Waals surface area contributed by atoms with Gasteiger partial charge in [0.15, 0.2) is 5.82 Å². The van der Waals surface area contributed by atoms with Crippen LogP contribution in [0.4, 0.5) is 0 Å². The maximum Gasteiger partial charge on any atom is 0.238 e. The molecule has 0 aliphatic heterocycles. The molecule has 0 saturated heterocycles. The fourth-order valence-corrected chi connectivity index (χ4v) is 1.56. The average molecular weight is 235 g/mol. The number of aromatic nitrogens is 4. The van der Waals surface area contributed by atoms with Gasteiger partial charge in [0.1, 0.15) is 0 Å². The number of rotatable bonds is 4. The Kier molecular flexibility index (Phi) is 3.23. The Morgan fingerprint density at radius 3 is 2.76 bits per heavy atom. The van der Waals surface area contributed by atoms with Crippen LogP contribution in [0.15, 0.2) is 16.9 Å². The average Bonchev–Trinajstić information content (AvgIpc) is 2.95. The molecule has 0 amide bonds. The van der Waals surface area contributed by atoms with E-state index in [1.807, 2.05) is 24.9 Å². The van der Waals surface area contributed by atoms with Crippen molar-refractivity contribution in [3.05, 3.63) is 18.3 Å². The van der Waals surface area contributed by atoms with Crippen molar-refractivity contribution < 1.29 is 4.52 Å². The van der Waals surface area contributed by atoms with Crippen LogP contribution in [0.3, 0.4) is 0 Å². The molecule has 1 N–H and O–H groups in total. The molecule has 0 radical (unpaired) electrons. The summed E-state index contributed by atoms with van der Waals surface area (Å²) in [6.07, 6.45) is 3.57. The monoisotopic (exact) mass is 235 g/mol. The number of likely N-dealkylation sites (N-methyl/N-ethyl adjacent to an activating group) is 1. The third-order valence-electron chi connectivity index (χ3n) is 3.06. The lowest BCUT2D eigenvalue weighted by Gasteiger charge is -2.14. The van der Waals surface area contributed by atoms with Crippen molar-refractivity contribution >= 4 is 0 Å². The molecule has 2 aromatic heterocycles. The van der Waals surface area contributed by atoms with Gasteiger partial charge >= 0.3 is 0 Å². The minimum atomic E-state index is 0.168. The van der Waals surface area contributed by atoms with Gasteiger partial charge in [-0.1, -0.05) is 12.1 Å². The number of nitrogens with one attached hydrogen (secondary N) is 1. The summed E-state index contributed by atoms with van der Waals surface area (Å²) in [6.45, 7) is 4.13. The zero-order valence-electron chi connectivity index (χ0n) is 10.5. The summed E-state index contributed by atoms with van der Waals surface area (Å²) in [5.41, 5.74) is 0. The van der Waals surface area contributed by atoms with Crippen LogP contribution in [0.5, 0.6) is 0 Å². The minimum Gasteiger partial charge on any atom is -0.339 e. The maximum atomic E-state index is 5.27. The summed E-state index contributed by atoms with van der Waals surface area (Å²) in [5, 5.41) is 7.13. The van der Waals surface area contributed by atoms with Gasteiger partial charge in [0.05, 0.1) is 5.92 Å². The number of imidazole rings is 1. The highest BCUT2D eigenvalue weighted by Crippen LogP contribution is 2.20. The lowest BCUT2D eigenvalue weighted by Crippen LogP contribution is -2.27. The number of nitrogens with zero attached hydrogens (tertiary/aromatic N) is 4. The predicted octanol–water partition coefficient (Wildman–Crippen LogP) is 1.18. The lowest BCUT2D eigenvalue weighted by molar-refractivity contribution is 0.336. The molecule has 0 bridgehead atoms. The van der Waals surface area contributed by atoms with Gasteiger partial charge in [-0.05, 0) is 14.0 Å². The van der Waals surface area contributed by atoms with E-state index in [0.29, 0.717) is 17.5 Å². The molecule has 0 spiro atoms. The predicted molar refractivity (Wildman–Crippen MR) is 63.4 cm³/mol. The highest BCUT2D eigenvalue weighted by Gasteiger charge is 2.21. The van der Waals surface area contributed by atoms with Crippen LogP contribution in [0.25, 0.3) is 11.6 Å². The standard InChI is InChI=1S/C11H17N5O/c1-7(8(2)12-3)11-14-9(15-17-11)10-13-5-6-16(10)4/h5-8,12H,1-4H3. The van der Waals surface area contributed by atoms with Crippen LogP contribution in [0.1, 0.15) is 25.7 Å². The molecule has 0 fully saturated rings. The highest BCUT2D eigenvalue weighted by atomic mass is 16.5. The first-order chi connectivity index (χ1) is 8.13. The zero-order valence-corrected chi connectivity index (χ0v) is 10.5. The third kappa shape index (κ3) is 2.21. The third-order valence-corrected chi connectivity index (χ3v) is 3.06. The van der Waals surface area contributed by atoms with Gasteiger partial charge < -0.3 is 14.4 Å². The Morgan fingerprint density at radius 2 is 2.18 bits per heavy atom. The Labute approximate surface area is 100 Å². The fraction of sp³-hybridized carbons (Fsp3) is 0.545. The molecule has 0 aliphatic carbocycles. The van der Waals surface area contributed by atoms with E-state index in [1.165, 1.54) is 0 Å². The first-order valence-electron chi connectivity index (χ1n) is 5.62. The molecule has 17 heavy (non-hydrogen) atoms. The van der Waals surface area contributed by atoms with Crippen molar-refractivity contribution in [1.82, 2.24) is 25.0 Å². The zero-order chi connectivity index (χ0) is 12.4. The van der Waals surface area contributed by atoms with Gasteiger partial charge in [0.25, 0.3) is 0 Å². The Morgan fingerprint density at radius 1 is 1.41 bits per heavy atom. The van der Waals surface area contributed by atoms with Crippen molar-refractivity contribution in [3.63, 3.8) is 0 Å². The van der Waals surface area contributed by atoms with E-state index in [2.05, 4.69) is 34.3 Å². The lowest BCUT2D eigenvalue weighted by atomic mass is 10.0. The molecule has 6 heteroatoms. The topological polar surface area (TPSA) is 68.8 Å². The Hall–Kier alpha value is -1.69. The van der Waals surface area contributed by atoms with E-state index in [1.54, 1.807) is 6.20 Å². The number of aryl methyl sites for hydroxylation is 1. The van der Waals surface area contributed by atoms with Crippen LogP contribution in [0, 0.1) is 0 Å². The van der Waals surface area contributed by atoms with Crippen LogP contribution < -0.4 is 5.32 Å². The fourth-order valence-electron chi connectivity index (χ4n) is 1.56. The van der Waals surface area contributed by atoms with Gasteiger partial charge in [-0.2, -0.15) is 4.98 Å². The normalized spacial score (nSPS) is 14.8. The molecule has 0 aliphatic rings. The van der Waals surface area contributed by atoms with E-state index < -0.39 is 0 Å². The van der Waals surface area contributed by atoms with Crippen molar-refractivity contribution in [2.45, 2.75) is 25.8 Å². The van der Waals surface area contributed by atoms with Gasteiger partial charge in [-0.25, -0.2) is 4.98 Å². The molecular formula is C11H17N5O. The second-order valence-electron chi connectivity index (χ2n) is 4.18. The summed E-state index contributed by atoms with van der Waals surface area (Å²) < 4.78 is 7.14. The maximum absolute atomic E-state index is 5.27. The van der Waals surface area contributed by atoms with E-state index in [4.69, 9.17) is 4.52 Å². The van der Waals surface area contributed by atoms with Gasteiger partial charge in [-0.15, -0.1) is 0 Å². The van der Waals surface area contributed by atoms with Crippen LogP contribution in [-0.2, 0) is 7.05 Å². The Bertz CT molecular complexity index is 490. The SMILES string of the molecule is CNC(C)C(C)c1nc(-c2nccn2C)no1. The summed E-state index contributed by atoms with van der Waals surface area (Å²) in [7, 11) is 3.81. The van der Waals surface area contributed by atoms with E-state index >= 15 is 0 Å². The van der Waals surface area contributed by atoms with E-state index in [-0.39, 0.29) is 12.0 Å². The highest BCUT2D eigenvalue weighted by molar-refractivity contribution is 5.42. The van der Waals surface area contributed by atoms with Crippen LogP contribution >= 0.6 is 0 Å². The molecule has 92 valence electrons. The minimum absolute atomic E-state index is 0.168. The van der Waals surface area contributed by atoms with Gasteiger partial charge in [-0.3, -0.25) is 0 Å². The quantitative estimate of drug-likeness (QED) is 0.861. The molecule has 2 heterocycles. The summed E-state index contributed by atoms with van der Waals surface area (Å²) in [6, 6.07) is 0.282. The molecule has 2 aromatic rings. The van der Waals surface area contributed by atoms with E-state index in [9.17, 15) is 0 Å². The van der Waals surface area contributed by atoms with Crippen molar-refractivity contribution in [3.8, 4) is 11.6 Å². The van der Waals surface area contributed by atoms with Gasteiger partial charge in [0, 0.05) is 25.5 Å². The summed E-state index contributed by atoms with van der Waals surface area (Å²) >= 11 is 0. The second-order valence-corrected chi connectivity index (χ2v) is 4.18. The largest absolute Gasteiger partial charge is 0.339 e. The van der Waals surface area contributed by atoms with Crippen molar-refractivity contribution in [2.24, 2.45) is 7.05 Å². The molecule has 2 unspecified atom stereocenters. The number of hydrogen-bond acceptors (Lipinski definition) is 5. The smallest absolute Gasteiger partial charge is 0.238 e. The Balaban J connectivity index is 2.25. The van der Waals surface area contributed by atoms with Crippen molar-refractivity contribution in [1.29, 1.82) is 0 Å². The molecule has 2 rings (SSSR count). The van der Waals surface area contributed by atoms with Crippen molar-refractivity contribution in [2.75, 3.05) is 7.05 Å². The number of hydrogen-bond donors (Lipinski definition) is 1. The first kappa shape index (κ1) is 11.8. The molecule has 0 aromatic carbocycles. The molecule has 6 nitrogen and oxygen atoms in total. The van der Waals surface area contributed by atoms with Crippen LogP contribution in [-0.4, -0.2) is 32.8 Å². The second kappa shape index (κ2) is 4.67. The van der Waals surface area contributed by atoms with Crippen LogP contribution in [0.2, 0.25) is 0 Å². The van der Waals surface area contributed by atoms with Gasteiger partial charge in [0.2, 0.25) is 11.7 Å². The first-order valence-corrected chi connectivity index (χ1v) is 5.62. The summed E-state index contributed by atoms with van der Waals surface area (Å²) in [5.74, 6) is 2.04. The molecular weight excluding hydrogens is 218 g/mol. The molecule has 2 atom stereocenters. The van der Waals surface area contributed by atoms with E-state index in [0.717, 1.165) is 0 Å². The summed E-state index contributed by atoms with van der Waals surface area (Å²) in [4.78, 5) is 8.57.